The second-order valence-corrected chi connectivity index (χ2v) is 5.43. The number of benzene rings is 2. The van der Waals surface area contributed by atoms with Gasteiger partial charge in [0.1, 0.15) is 17.2 Å². The third-order valence-corrected chi connectivity index (χ3v) is 4.02. The molecule has 1 N–H and O–H groups in total. The second-order valence-electron chi connectivity index (χ2n) is 5.05. The van der Waals surface area contributed by atoms with Crippen LogP contribution in [0.2, 0.25) is 5.02 Å². The van der Waals surface area contributed by atoms with Gasteiger partial charge in [0.2, 0.25) is 0 Å². The Balaban J connectivity index is 2.35. The van der Waals surface area contributed by atoms with Gasteiger partial charge < -0.3 is 9.72 Å². The van der Waals surface area contributed by atoms with E-state index in [9.17, 15) is 14.4 Å². The van der Waals surface area contributed by atoms with E-state index in [0.717, 1.165) is 5.56 Å². The molecule has 1 heterocycles. The molecule has 0 aliphatic rings. The zero-order valence-electron chi connectivity index (χ0n) is 12.7. The van der Waals surface area contributed by atoms with Crippen LogP contribution in [0.15, 0.2) is 36.4 Å². The van der Waals surface area contributed by atoms with Crippen LogP contribution < -0.4 is 0 Å². The fourth-order valence-electron chi connectivity index (χ4n) is 2.56. The van der Waals surface area contributed by atoms with Gasteiger partial charge in [-0.3, -0.25) is 0 Å². The molecular weight excluding hydrogens is 331 g/mol. The Kier molecular flexibility index (Phi) is 4.24. The van der Waals surface area contributed by atoms with Crippen molar-refractivity contribution >= 4 is 28.5 Å². The maximum atomic E-state index is 14.6. The molecule has 0 unspecified atom stereocenters. The largest absolute Gasteiger partial charge is 0.462 e. The Hall–Kier alpha value is -2.84. The van der Waals surface area contributed by atoms with E-state index in [1.165, 1.54) is 0 Å². The second kappa shape index (κ2) is 6.34. The molecule has 24 heavy (non-hydrogen) atoms. The number of aromatic nitrogens is 1. The van der Waals surface area contributed by atoms with Gasteiger partial charge in [-0.15, -0.1) is 0 Å². The van der Waals surface area contributed by atoms with Crippen LogP contribution in [0.5, 0.6) is 0 Å². The van der Waals surface area contributed by atoms with Gasteiger partial charge in [-0.05, 0) is 18.6 Å². The van der Waals surface area contributed by atoms with Crippen LogP contribution in [0.3, 0.4) is 0 Å². The van der Waals surface area contributed by atoms with E-state index in [2.05, 4.69) is 4.98 Å². The normalized spacial score (nSPS) is 10.6. The Morgan fingerprint density at radius 1 is 1.38 bits per heavy atom. The highest BCUT2D eigenvalue weighted by Gasteiger charge is 2.26. The summed E-state index contributed by atoms with van der Waals surface area (Å²) in [6.07, 6.45) is 0. The van der Waals surface area contributed by atoms with E-state index in [1.807, 2.05) is 30.3 Å². The third-order valence-electron chi connectivity index (χ3n) is 3.64. The van der Waals surface area contributed by atoms with Gasteiger partial charge in [0.05, 0.1) is 17.1 Å². The smallest absolute Gasteiger partial charge is 0.341 e. The standard InChI is InChI=1S/C18H12ClFN2O2/c1-2-24-18(23)14-11-8-13(10-6-4-3-5-7-10)22-17(11)15(19)12(9-21)16(14)20/h3-8,22H,2H2,1H3. The summed E-state index contributed by atoms with van der Waals surface area (Å²) in [7, 11) is 0. The molecule has 120 valence electrons. The first kappa shape index (κ1) is 16.0. The number of carbonyl (C=O) groups excluding carboxylic acids is 1. The minimum absolute atomic E-state index is 0.0553. The molecule has 1 aromatic heterocycles. The van der Waals surface area contributed by atoms with Crippen LogP contribution in [0.25, 0.3) is 22.2 Å². The molecule has 0 atom stereocenters. The fraction of sp³-hybridized carbons (Fsp3) is 0.111. The number of carbonyl (C=O) groups is 1. The summed E-state index contributed by atoms with van der Waals surface area (Å²) in [6.45, 7) is 1.72. The summed E-state index contributed by atoms with van der Waals surface area (Å²) in [6, 6.07) is 12.7. The number of esters is 1. The van der Waals surface area contributed by atoms with Crippen molar-refractivity contribution in [2.24, 2.45) is 0 Å². The molecule has 2 aromatic carbocycles. The highest BCUT2D eigenvalue weighted by atomic mass is 35.5. The van der Waals surface area contributed by atoms with Crippen LogP contribution >= 0.6 is 11.6 Å². The maximum Gasteiger partial charge on any atom is 0.341 e. The Bertz CT molecular complexity index is 974. The van der Waals surface area contributed by atoms with Gasteiger partial charge in [0.25, 0.3) is 0 Å². The molecule has 4 nitrogen and oxygen atoms in total. The van der Waals surface area contributed by atoms with Crippen molar-refractivity contribution in [3.63, 3.8) is 0 Å². The number of hydrogen-bond donors (Lipinski definition) is 1. The van der Waals surface area contributed by atoms with Crippen molar-refractivity contribution < 1.29 is 13.9 Å². The van der Waals surface area contributed by atoms with Gasteiger partial charge in [-0.2, -0.15) is 5.26 Å². The number of fused-ring (bicyclic) bond motifs is 1. The number of rotatable bonds is 3. The summed E-state index contributed by atoms with van der Waals surface area (Å²) in [5, 5.41) is 9.41. The van der Waals surface area contributed by atoms with Crippen LogP contribution in [0.1, 0.15) is 22.8 Å². The molecule has 0 saturated heterocycles. The molecule has 0 saturated carbocycles. The van der Waals surface area contributed by atoms with Gasteiger partial charge in [-0.1, -0.05) is 41.9 Å². The molecule has 0 aliphatic carbocycles. The summed E-state index contributed by atoms with van der Waals surface area (Å²) in [5.74, 6) is -1.79. The molecule has 0 aliphatic heterocycles. The van der Waals surface area contributed by atoms with Crippen molar-refractivity contribution in [1.82, 2.24) is 4.98 Å². The van der Waals surface area contributed by atoms with E-state index < -0.39 is 11.8 Å². The number of hydrogen-bond acceptors (Lipinski definition) is 3. The highest BCUT2D eigenvalue weighted by Crippen LogP contribution is 2.36. The van der Waals surface area contributed by atoms with E-state index in [1.54, 1.807) is 19.1 Å². The molecule has 0 amide bonds. The quantitative estimate of drug-likeness (QED) is 0.703. The molecule has 0 fully saturated rings. The van der Waals surface area contributed by atoms with Crippen molar-refractivity contribution in [3.05, 3.63) is 58.4 Å². The minimum Gasteiger partial charge on any atom is -0.462 e. The first-order chi connectivity index (χ1) is 11.6. The van der Waals surface area contributed by atoms with Crippen molar-refractivity contribution in [1.29, 1.82) is 5.26 Å². The molecule has 6 heteroatoms. The maximum absolute atomic E-state index is 14.6. The number of aromatic amines is 1. The summed E-state index contributed by atoms with van der Waals surface area (Å²) in [5.41, 5.74) is 1.17. The number of nitrogens with one attached hydrogen (secondary N) is 1. The average molecular weight is 343 g/mol. The minimum atomic E-state index is -0.966. The van der Waals surface area contributed by atoms with Crippen molar-refractivity contribution in [2.75, 3.05) is 6.61 Å². The van der Waals surface area contributed by atoms with Gasteiger partial charge >= 0.3 is 5.97 Å². The van der Waals surface area contributed by atoms with Crippen molar-refractivity contribution in [3.8, 4) is 17.3 Å². The summed E-state index contributed by atoms with van der Waals surface area (Å²) in [4.78, 5) is 15.2. The van der Waals surface area contributed by atoms with Crippen LogP contribution in [0, 0.1) is 17.1 Å². The molecule has 0 bridgehead atoms. The highest BCUT2D eigenvalue weighted by molar-refractivity contribution is 6.37. The van der Waals surface area contributed by atoms with Crippen LogP contribution in [0.4, 0.5) is 4.39 Å². The van der Waals surface area contributed by atoms with Crippen molar-refractivity contribution in [2.45, 2.75) is 6.92 Å². The monoisotopic (exact) mass is 342 g/mol. The van der Waals surface area contributed by atoms with Gasteiger partial charge in [0.15, 0.2) is 5.82 Å². The van der Waals surface area contributed by atoms with E-state index in [4.69, 9.17) is 16.3 Å². The average Bonchev–Trinajstić information content (AvgIpc) is 3.01. The number of nitriles is 1. The lowest BCUT2D eigenvalue weighted by molar-refractivity contribution is 0.0523. The topological polar surface area (TPSA) is 65.9 Å². The number of H-pyrrole nitrogens is 1. The molecule has 0 spiro atoms. The predicted molar refractivity (Wildman–Crippen MR) is 89.4 cm³/mol. The SMILES string of the molecule is CCOC(=O)c1c(F)c(C#N)c(Cl)c2[nH]c(-c3ccccc3)cc12. The first-order valence-electron chi connectivity index (χ1n) is 7.24. The van der Waals surface area contributed by atoms with Crippen LogP contribution in [-0.4, -0.2) is 17.6 Å². The van der Waals surface area contributed by atoms with Gasteiger partial charge in [0, 0.05) is 11.1 Å². The Morgan fingerprint density at radius 2 is 2.08 bits per heavy atom. The molecule has 3 rings (SSSR count). The number of nitrogens with zero attached hydrogens (tertiary/aromatic N) is 1. The lowest BCUT2D eigenvalue weighted by Gasteiger charge is -2.08. The summed E-state index contributed by atoms with van der Waals surface area (Å²) >= 11 is 6.16. The molecule has 3 aromatic rings. The predicted octanol–water partition coefficient (Wildman–Crippen LogP) is 4.68. The Labute approximate surface area is 142 Å². The lowest BCUT2D eigenvalue weighted by atomic mass is 10.0. The van der Waals surface area contributed by atoms with Crippen LogP contribution in [-0.2, 0) is 4.74 Å². The zero-order chi connectivity index (χ0) is 17.3. The molecular formula is C18H12ClFN2O2. The lowest BCUT2D eigenvalue weighted by Crippen LogP contribution is -2.09. The van der Waals surface area contributed by atoms with E-state index in [-0.39, 0.29) is 28.1 Å². The molecule has 0 radical (unpaired) electrons. The first-order valence-corrected chi connectivity index (χ1v) is 7.62. The van der Waals surface area contributed by atoms with E-state index in [0.29, 0.717) is 11.2 Å². The number of halogens is 2. The Morgan fingerprint density at radius 3 is 2.71 bits per heavy atom. The summed E-state index contributed by atoms with van der Waals surface area (Å²) < 4.78 is 19.6. The number of ether oxygens (including phenoxy) is 1. The van der Waals surface area contributed by atoms with E-state index >= 15 is 0 Å². The fourth-order valence-corrected chi connectivity index (χ4v) is 2.84. The zero-order valence-corrected chi connectivity index (χ0v) is 13.4. The van der Waals surface area contributed by atoms with Gasteiger partial charge in [-0.25, -0.2) is 9.18 Å². The third kappa shape index (κ3) is 2.51.